The molecule has 0 saturated carbocycles. The molecule has 0 radical (unpaired) electrons. The lowest BCUT2D eigenvalue weighted by atomic mass is 9.63. The first-order valence-electron chi connectivity index (χ1n) is 12.1. The second-order valence-electron chi connectivity index (χ2n) is 10.3. The van der Waals surface area contributed by atoms with E-state index in [1.165, 1.54) is 45.2 Å². The average molecular weight is 563 g/mol. The van der Waals surface area contributed by atoms with Crippen molar-refractivity contribution in [2.75, 3.05) is 12.4 Å². The smallest absolute Gasteiger partial charge is 0.419 e. The van der Waals surface area contributed by atoms with Gasteiger partial charge < -0.3 is 15.2 Å². The molecule has 12 heteroatoms. The van der Waals surface area contributed by atoms with Gasteiger partial charge in [0.2, 0.25) is 5.95 Å². The van der Waals surface area contributed by atoms with E-state index in [0.717, 1.165) is 34.9 Å². The molecule has 1 aliphatic rings. The summed E-state index contributed by atoms with van der Waals surface area (Å²) in [5, 5.41) is 13.9. The third-order valence-electron chi connectivity index (χ3n) is 7.23. The van der Waals surface area contributed by atoms with E-state index in [-0.39, 0.29) is 39.3 Å². The summed E-state index contributed by atoms with van der Waals surface area (Å²) in [6, 6.07) is 8.18. The van der Waals surface area contributed by atoms with Crippen LogP contribution in [-0.4, -0.2) is 33.5 Å². The maximum atomic E-state index is 15.5. The standard InChI is InChI=1S/C28H23F6N3O3/c1-26(2)13-27(39,28(32,33)34)25(16-7-9-19(40-3)24(31)23(16)26)35-17-11-14(29)12-18-15(17)8-10-22(38)37(18)21-6-4-5-20(30)36-21/h4-12,25,35,39H,13H2,1-3H3. The molecule has 5 rings (SSSR count). The maximum absolute atomic E-state index is 15.5. The minimum Gasteiger partial charge on any atom is -0.494 e. The summed E-state index contributed by atoms with van der Waals surface area (Å²) in [5.74, 6) is -3.11. The van der Waals surface area contributed by atoms with E-state index in [1.54, 1.807) is 0 Å². The summed E-state index contributed by atoms with van der Waals surface area (Å²) in [7, 11) is 1.22. The molecule has 6 nitrogen and oxygen atoms in total. The number of ether oxygens (including phenoxy) is 1. The predicted octanol–water partition coefficient (Wildman–Crippen LogP) is 5.94. The molecule has 210 valence electrons. The van der Waals surface area contributed by atoms with Crippen molar-refractivity contribution in [3.05, 3.63) is 93.7 Å². The van der Waals surface area contributed by atoms with Crippen molar-refractivity contribution in [3.63, 3.8) is 0 Å². The molecule has 40 heavy (non-hydrogen) atoms. The van der Waals surface area contributed by atoms with Crippen molar-refractivity contribution >= 4 is 16.6 Å². The second kappa shape index (κ2) is 9.26. The Morgan fingerprint density at radius 3 is 2.45 bits per heavy atom. The van der Waals surface area contributed by atoms with Crippen LogP contribution in [0.15, 0.2) is 59.4 Å². The summed E-state index contributed by atoms with van der Waals surface area (Å²) in [4.78, 5) is 16.4. The lowest BCUT2D eigenvalue weighted by molar-refractivity contribution is -0.276. The van der Waals surface area contributed by atoms with E-state index in [0.29, 0.717) is 0 Å². The highest BCUT2D eigenvalue weighted by Crippen LogP contribution is 2.55. The molecule has 2 aromatic heterocycles. The van der Waals surface area contributed by atoms with Crippen LogP contribution in [0.25, 0.3) is 16.7 Å². The van der Waals surface area contributed by atoms with Crippen molar-refractivity contribution in [1.29, 1.82) is 0 Å². The minimum absolute atomic E-state index is 0.0666. The van der Waals surface area contributed by atoms with E-state index in [1.807, 2.05) is 0 Å². The minimum atomic E-state index is -5.19. The van der Waals surface area contributed by atoms with Gasteiger partial charge in [0, 0.05) is 22.7 Å². The first-order chi connectivity index (χ1) is 18.7. The molecule has 2 unspecified atom stereocenters. The Morgan fingerprint density at radius 2 is 1.80 bits per heavy atom. The van der Waals surface area contributed by atoms with Gasteiger partial charge in [0.1, 0.15) is 11.6 Å². The number of hydrogen-bond acceptors (Lipinski definition) is 5. The molecule has 2 aromatic carbocycles. The van der Waals surface area contributed by atoms with Crippen molar-refractivity contribution in [2.45, 2.75) is 43.5 Å². The molecule has 1 aliphatic carbocycles. The summed E-state index contributed by atoms with van der Waals surface area (Å²) in [5.41, 5.74) is -6.25. The van der Waals surface area contributed by atoms with Gasteiger partial charge in [-0.05, 0) is 53.8 Å². The highest BCUT2D eigenvalue weighted by Gasteiger charge is 2.64. The van der Waals surface area contributed by atoms with Gasteiger partial charge in [-0.15, -0.1) is 0 Å². The number of aromatic nitrogens is 2. The normalized spacial score (nSPS) is 20.3. The number of nitrogens with one attached hydrogen (secondary N) is 1. The Bertz CT molecular complexity index is 1700. The molecule has 0 bridgehead atoms. The number of aliphatic hydroxyl groups is 1. The van der Waals surface area contributed by atoms with E-state index in [2.05, 4.69) is 10.3 Å². The van der Waals surface area contributed by atoms with Crippen LogP contribution < -0.4 is 15.6 Å². The third-order valence-corrected chi connectivity index (χ3v) is 7.23. The number of pyridine rings is 2. The number of rotatable bonds is 4. The molecule has 0 aliphatic heterocycles. The fourth-order valence-electron chi connectivity index (χ4n) is 5.59. The fourth-order valence-corrected chi connectivity index (χ4v) is 5.59. The first-order valence-corrected chi connectivity index (χ1v) is 12.1. The zero-order chi connectivity index (χ0) is 29.2. The molecular formula is C28H23F6N3O3. The Kier molecular flexibility index (Phi) is 6.36. The number of fused-ring (bicyclic) bond motifs is 2. The van der Waals surface area contributed by atoms with Gasteiger partial charge in [-0.2, -0.15) is 17.6 Å². The molecule has 2 heterocycles. The van der Waals surface area contributed by atoms with E-state index < -0.39 is 52.8 Å². The molecular weight excluding hydrogens is 540 g/mol. The second-order valence-corrected chi connectivity index (χ2v) is 10.3. The average Bonchev–Trinajstić information content (AvgIpc) is 2.85. The highest BCUT2D eigenvalue weighted by molar-refractivity contribution is 5.92. The van der Waals surface area contributed by atoms with Crippen LogP contribution in [0.4, 0.5) is 32.0 Å². The topological polar surface area (TPSA) is 76.4 Å². The molecule has 2 atom stereocenters. The quantitative estimate of drug-likeness (QED) is 0.238. The maximum Gasteiger partial charge on any atom is 0.419 e. The molecule has 0 fully saturated rings. The van der Waals surface area contributed by atoms with Gasteiger partial charge in [0.15, 0.2) is 17.2 Å². The van der Waals surface area contributed by atoms with Crippen molar-refractivity contribution < 1.29 is 36.2 Å². The third kappa shape index (κ3) is 4.26. The Morgan fingerprint density at radius 1 is 1.07 bits per heavy atom. The summed E-state index contributed by atoms with van der Waals surface area (Å²) >= 11 is 0. The van der Waals surface area contributed by atoms with Gasteiger partial charge in [0.05, 0.1) is 18.7 Å². The molecule has 0 spiro atoms. The van der Waals surface area contributed by atoms with Crippen molar-refractivity contribution in [2.24, 2.45) is 0 Å². The van der Waals surface area contributed by atoms with Gasteiger partial charge in [-0.1, -0.05) is 26.0 Å². The Labute approximate surface area is 223 Å². The van der Waals surface area contributed by atoms with E-state index >= 15 is 4.39 Å². The molecule has 0 saturated heterocycles. The SMILES string of the molecule is COc1ccc2c(c1F)C(C)(C)CC(O)(C(F)(F)F)C2Nc1cc(F)cc2c1ccc(=O)n2-c1cccc(F)n1. The van der Waals surface area contributed by atoms with Crippen LogP contribution in [0.3, 0.4) is 0 Å². The van der Waals surface area contributed by atoms with E-state index in [4.69, 9.17) is 4.74 Å². The number of methoxy groups -OCH3 is 1. The lowest BCUT2D eigenvalue weighted by Crippen LogP contribution is -2.58. The summed E-state index contributed by atoms with van der Waals surface area (Å²) in [6.45, 7) is 2.76. The zero-order valence-electron chi connectivity index (χ0n) is 21.4. The summed E-state index contributed by atoms with van der Waals surface area (Å²) < 4.78 is 93.9. The van der Waals surface area contributed by atoms with Crippen LogP contribution in [0.5, 0.6) is 5.75 Å². The van der Waals surface area contributed by atoms with Gasteiger partial charge >= 0.3 is 6.18 Å². The highest BCUT2D eigenvalue weighted by atomic mass is 19.4. The van der Waals surface area contributed by atoms with Crippen LogP contribution >= 0.6 is 0 Å². The number of alkyl halides is 3. The fraction of sp³-hybridized carbons (Fsp3) is 0.286. The molecule has 4 aromatic rings. The van der Waals surface area contributed by atoms with E-state index in [9.17, 15) is 31.9 Å². The Hall–Kier alpha value is -4.06. The summed E-state index contributed by atoms with van der Waals surface area (Å²) in [6.07, 6.45) is -6.11. The number of benzene rings is 2. The van der Waals surface area contributed by atoms with Gasteiger partial charge in [-0.25, -0.2) is 13.8 Å². The first kappa shape index (κ1) is 27.5. The molecule has 2 N–H and O–H groups in total. The van der Waals surface area contributed by atoms with Crippen LogP contribution in [-0.2, 0) is 5.41 Å². The van der Waals surface area contributed by atoms with Gasteiger partial charge in [0.25, 0.3) is 5.56 Å². The van der Waals surface area contributed by atoms with Crippen molar-refractivity contribution in [1.82, 2.24) is 9.55 Å². The van der Waals surface area contributed by atoms with Crippen molar-refractivity contribution in [3.8, 4) is 11.6 Å². The molecule has 0 amide bonds. The Balaban J connectivity index is 1.77. The largest absolute Gasteiger partial charge is 0.494 e. The van der Waals surface area contributed by atoms with Gasteiger partial charge in [-0.3, -0.25) is 9.36 Å². The van der Waals surface area contributed by atoms with Crippen LogP contribution in [0, 0.1) is 17.6 Å². The number of halogens is 6. The lowest BCUT2D eigenvalue weighted by Gasteiger charge is -2.49. The number of hydrogen-bond donors (Lipinski definition) is 2. The zero-order valence-corrected chi connectivity index (χ0v) is 21.4. The number of anilines is 1. The van der Waals surface area contributed by atoms with Crippen LogP contribution in [0.2, 0.25) is 0 Å². The number of nitrogens with zero attached hydrogens (tertiary/aromatic N) is 2. The van der Waals surface area contributed by atoms with Crippen LogP contribution in [0.1, 0.15) is 37.4 Å². The monoisotopic (exact) mass is 563 g/mol. The predicted molar refractivity (Wildman–Crippen MR) is 135 cm³/mol.